The number of thioether (sulfide) groups is 1. The number of carbonyl (C=O) groups is 2. The maximum atomic E-state index is 12.5. The van der Waals surface area contributed by atoms with Crippen LogP contribution in [0.5, 0.6) is 0 Å². The van der Waals surface area contributed by atoms with Crippen molar-refractivity contribution in [2.45, 2.75) is 36.1 Å². The Balaban J connectivity index is 1.59. The van der Waals surface area contributed by atoms with E-state index in [9.17, 15) is 14.7 Å². The highest BCUT2D eigenvalue weighted by Crippen LogP contribution is 2.49. The van der Waals surface area contributed by atoms with E-state index in [-0.39, 0.29) is 12.3 Å². The topological polar surface area (TPSA) is 66.4 Å². The van der Waals surface area contributed by atoms with E-state index in [1.165, 1.54) is 5.56 Å². The maximum absolute atomic E-state index is 12.5. The molecule has 0 saturated heterocycles. The van der Waals surface area contributed by atoms with E-state index in [1.807, 2.05) is 48.7 Å². The lowest BCUT2D eigenvalue weighted by Gasteiger charge is -2.18. The molecule has 1 unspecified atom stereocenters. The number of rotatable bonds is 8. The van der Waals surface area contributed by atoms with E-state index in [0.717, 1.165) is 16.9 Å². The van der Waals surface area contributed by atoms with Crippen molar-refractivity contribution in [2.24, 2.45) is 5.92 Å². The molecule has 0 heterocycles. The Hall–Kier alpha value is -2.27. The average Bonchev–Trinajstić information content (AvgIpc) is 3.40. The molecule has 5 heteroatoms. The van der Waals surface area contributed by atoms with Gasteiger partial charge in [0.05, 0.1) is 12.5 Å². The van der Waals surface area contributed by atoms with Gasteiger partial charge in [0.25, 0.3) is 0 Å². The summed E-state index contributed by atoms with van der Waals surface area (Å²) in [5, 5.41) is 12.1. The molecule has 0 aliphatic heterocycles. The molecule has 0 bridgehead atoms. The van der Waals surface area contributed by atoms with Gasteiger partial charge in [-0.3, -0.25) is 9.59 Å². The lowest BCUT2D eigenvalue weighted by atomic mass is 10.0. The van der Waals surface area contributed by atoms with Crippen molar-refractivity contribution in [1.29, 1.82) is 0 Å². The highest BCUT2D eigenvalue weighted by atomic mass is 32.2. The van der Waals surface area contributed by atoms with E-state index >= 15 is 0 Å². The molecule has 4 nitrogen and oxygen atoms in total. The predicted octanol–water partition coefficient (Wildman–Crippen LogP) is 4.23. The van der Waals surface area contributed by atoms with E-state index in [1.54, 1.807) is 11.8 Å². The van der Waals surface area contributed by atoms with Crippen LogP contribution in [0.4, 0.5) is 0 Å². The molecule has 2 aromatic rings. The number of nitrogens with one attached hydrogen (secondary N) is 1. The molecule has 2 N–H and O–H groups in total. The number of amides is 1. The Morgan fingerprint density at radius 3 is 2.46 bits per heavy atom. The van der Waals surface area contributed by atoms with Crippen LogP contribution in [0.3, 0.4) is 0 Å². The number of aliphatic carboxylic acids is 1. The summed E-state index contributed by atoms with van der Waals surface area (Å²) in [6.45, 7) is 0. The van der Waals surface area contributed by atoms with Crippen molar-refractivity contribution in [3.63, 3.8) is 0 Å². The van der Waals surface area contributed by atoms with Gasteiger partial charge in [0.15, 0.2) is 0 Å². The van der Waals surface area contributed by atoms with Gasteiger partial charge in [-0.25, -0.2) is 0 Å². The van der Waals surface area contributed by atoms with Crippen LogP contribution in [-0.4, -0.2) is 23.2 Å². The summed E-state index contributed by atoms with van der Waals surface area (Å²) >= 11 is 1.63. The normalized spacial score (nSPS) is 19.6. The van der Waals surface area contributed by atoms with Gasteiger partial charge in [0.2, 0.25) is 5.91 Å². The van der Waals surface area contributed by atoms with Crippen LogP contribution in [0.15, 0.2) is 59.5 Å². The van der Waals surface area contributed by atoms with Crippen molar-refractivity contribution in [2.75, 3.05) is 6.26 Å². The van der Waals surface area contributed by atoms with Gasteiger partial charge in [0.1, 0.15) is 0 Å². The quantitative estimate of drug-likeness (QED) is 0.683. The highest BCUT2D eigenvalue weighted by Gasteiger charge is 2.39. The van der Waals surface area contributed by atoms with Crippen molar-refractivity contribution < 1.29 is 14.7 Å². The van der Waals surface area contributed by atoms with Gasteiger partial charge < -0.3 is 10.4 Å². The molecule has 1 saturated carbocycles. The fourth-order valence-corrected chi connectivity index (χ4v) is 3.74. The van der Waals surface area contributed by atoms with Gasteiger partial charge >= 0.3 is 5.97 Å². The van der Waals surface area contributed by atoms with Gasteiger partial charge in [-0.15, -0.1) is 11.8 Å². The number of carboxylic acid groups (broad SMARTS) is 1. The van der Waals surface area contributed by atoms with Crippen LogP contribution in [0.2, 0.25) is 0 Å². The summed E-state index contributed by atoms with van der Waals surface area (Å²) in [6.07, 6.45) is 3.34. The summed E-state index contributed by atoms with van der Waals surface area (Å²) in [7, 11) is 0. The summed E-state index contributed by atoms with van der Waals surface area (Å²) in [6, 6.07) is 17.4. The fourth-order valence-electron chi connectivity index (χ4n) is 3.34. The Morgan fingerprint density at radius 1 is 1.15 bits per heavy atom. The summed E-state index contributed by atoms with van der Waals surface area (Å²) in [5.41, 5.74) is 2.11. The maximum Gasteiger partial charge on any atom is 0.305 e. The third-order valence-electron chi connectivity index (χ3n) is 4.83. The van der Waals surface area contributed by atoms with Crippen molar-refractivity contribution in [1.82, 2.24) is 5.32 Å². The zero-order chi connectivity index (χ0) is 18.5. The Kier molecular flexibility index (Phi) is 5.99. The van der Waals surface area contributed by atoms with Crippen LogP contribution in [0, 0.1) is 5.92 Å². The van der Waals surface area contributed by atoms with Gasteiger partial charge in [-0.05, 0) is 47.8 Å². The van der Waals surface area contributed by atoms with Crippen LogP contribution in [-0.2, 0) is 9.59 Å². The van der Waals surface area contributed by atoms with Crippen LogP contribution < -0.4 is 5.32 Å². The molecule has 3 atom stereocenters. The SMILES string of the molecule is CSc1ccc(C(CC(=O)O)NC(=O)C[C@@H]2C[C@H]2c2ccccc2)cc1. The van der Waals surface area contributed by atoms with Crippen LogP contribution >= 0.6 is 11.8 Å². The third kappa shape index (κ3) is 4.88. The molecular weight excluding hydrogens is 346 g/mol. The second-order valence-electron chi connectivity index (χ2n) is 6.71. The van der Waals surface area contributed by atoms with Gasteiger partial charge in [-0.1, -0.05) is 42.5 Å². The predicted molar refractivity (Wildman–Crippen MR) is 103 cm³/mol. The molecule has 136 valence electrons. The van der Waals surface area contributed by atoms with Crippen molar-refractivity contribution in [3.8, 4) is 0 Å². The first kappa shape index (κ1) is 18.5. The first-order valence-electron chi connectivity index (χ1n) is 8.77. The second-order valence-corrected chi connectivity index (χ2v) is 7.59. The molecule has 1 fully saturated rings. The van der Waals surface area contributed by atoms with E-state index < -0.39 is 12.0 Å². The Bertz CT molecular complexity index is 761. The van der Waals surface area contributed by atoms with Crippen LogP contribution in [0.1, 0.15) is 42.3 Å². The minimum atomic E-state index is -0.919. The van der Waals surface area contributed by atoms with Gasteiger partial charge in [-0.2, -0.15) is 0 Å². The molecule has 1 amide bonds. The standard InChI is InChI=1S/C21H23NO3S/c1-26-17-9-7-15(8-10-17)19(13-21(24)25)22-20(23)12-16-11-18(16)14-5-3-2-4-6-14/h2-10,16,18-19H,11-13H2,1H3,(H,22,23)(H,24,25)/t16-,18-,19?/m0/s1. The van der Waals surface area contributed by atoms with Crippen molar-refractivity contribution >= 4 is 23.6 Å². The molecular formula is C21H23NO3S. The van der Waals surface area contributed by atoms with Gasteiger partial charge in [0, 0.05) is 11.3 Å². The Morgan fingerprint density at radius 2 is 1.85 bits per heavy atom. The first-order valence-corrected chi connectivity index (χ1v) is 9.99. The number of carbonyl (C=O) groups excluding carboxylic acids is 1. The van der Waals surface area contributed by atoms with E-state index in [0.29, 0.717) is 18.3 Å². The highest BCUT2D eigenvalue weighted by molar-refractivity contribution is 7.98. The second kappa shape index (κ2) is 8.41. The van der Waals surface area contributed by atoms with Crippen molar-refractivity contribution in [3.05, 3.63) is 65.7 Å². The average molecular weight is 369 g/mol. The molecule has 0 spiro atoms. The van der Waals surface area contributed by atoms with E-state index in [2.05, 4.69) is 17.4 Å². The minimum absolute atomic E-state index is 0.0753. The molecule has 0 aromatic heterocycles. The fraction of sp³-hybridized carbons (Fsp3) is 0.333. The Labute approximate surface area is 158 Å². The summed E-state index contributed by atoms with van der Waals surface area (Å²) < 4.78 is 0. The zero-order valence-electron chi connectivity index (χ0n) is 14.7. The minimum Gasteiger partial charge on any atom is -0.481 e. The zero-order valence-corrected chi connectivity index (χ0v) is 15.5. The molecule has 1 aliphatic carbocycles. The number of carboxylic acids is 1. The first-order chi connectivity index (χ1) is 12.6. The lowest BCUT2D eigenvalue weighted by Crippen LogP contribution is -2.30. The van der Waals surface area contributed by atoms with Crippen LogP contribution in [0.25, 0.3) is 0 Å². The number of hydrogen-bond acceptors (Lipinski definition) is 3. The summed E-state index contributed by atoms with van der Waals surface area (Å²) in [5.74, 6) is -0.200. The molecule has 2 aromatic carbocycles. The molecule has 26 heavy (non-hydrogen) atoms. The molecule has 1 aliphatic rings. The molecule has 0 radical (unpaired) electrons. The summed E-state index contributed by atoms with van der Waals surface area (Å²) in [4.78, 5) is 24.8. The number of hydrogen-bond donors (Lipinski definition) is 2. The third-order valence-corrected chi connectivity index (χ3v) is 5.57. The monoisotopic (exact) mass is 369 g/mol. The lowest BCUT2D eigenvalue weighted by molar-refractivity contribution is -0.137. The smallest absolute Gasteiger partial charge is 0.305 e. The largest absolute Gasteiger partial charge is 0.481 e. The number of benzene rings is 2. The van der Waals surface area contributed by atoms with E-state index in [4.69, 9.17) is 0 Å². The molecule has 3 rings (SSSR count).